The highest BCUT2D eigenvalue weighted by Crippen LogP contribution is 2.28. The maximum Gasteiger partial charge on any atom is 0.133 e. The second kappa shape index (κ2) is 7.14. The van der Waals surface area contributed by atoms with E-state index in [9.17, 15) is 0 Å². The molecule has 0 aliphatic carbocycles. The normalized spacial score (nSPS) is 13.1. The number of aromatic nitrogens is 1. The second-order valence-electron chi connectivity index (χ2n) is 4.85. The molecule has 0 radical (unpaired) electrons. The zero-order chi connectivity index (χ0) is 13.7. The Balaban J connectivity index is 1.93. The summed E-state index contributed by atoms with van der Waals surface area (Å²) in [6.07, 6.45) is 2.75. The molecule has 104 valence electrons. The second-order valence-corrected chi connectivity index (χ2v) is 6.92. The van der Waals surface area contributed by atoms with Crippen molar-refractivity contribution in [1.29, 1.82) is 0 Å². The van der Waals surface area contributed by atoms with E-state index in [4.69, 9.17) is 5.11 Å². The third-order valence-electron chi connectivity index (χ3n) is 3.07. The lowest BCUT2D eigenvalue weighted by Gasteiger charge is -2.20. The number of rotatable bonds is 7. The van der Waals surface area contributed by atoms with E-state index in [-0.39, 0.29) is 6.61 Å². The minimum atomic E-state index is 0.235. The minimum absolute atomic E-state index is 0.235. The monoisotopic (exact) mass is 296 g/mol. The molecule has 0 saturated heterocycles. The molecule has 3 nitrogen and oxygen atoms in total. The van der Waals surface area contributed by atoms with Gasteiger partial charge in [-0.05, 0) is 23.8 Å². The lowest BCUT2D eigenvalue weighted by molar-refractivity contribution is 0.244. The van der Waals surface area contributed by atoms with E-state index in [0.717, 1.165) is 18.0 Å². The van der Waals surface area contributed by atoms with Crippen LogP contribution in [0.15, 0.2) is 23.7 Å². The van der Waals surface area contributed by atoms with Crippen molar-refractivity contribution in [3.8, 4) is 9.88 Å². The Labute approximate surface area is 122 Å². The molecule has 0 aromatic carbocycles. The minimum Gasteiger partial charge on any atom is -0.396 e. The molecule has 19 heavy (non-hydrogen) atoms. The average molecular weight is 296 g/mol. The molecule has 0 aliphatic heterocycles. The van der Waals surface area contributed by atoms with E-state index in [0.29, 0.717) is 12.0 Å². The molecule has 2 rings (SSSR count). The zero-order valence-corrected chi connectivity index (χ0v) is 12.9. The van der Waals surface area contributed by atoms with Crippen molar-refractivity contribution in [3.63, 3.8) is 0 Å². The van der Waals surface area contributed by atoms with Crippen LogP contribution in [0.4, 0.5) is 0 Å². The van der Waals surface area contributed by atoms with Crippen molar-refractivity contribution in [2.45, 2.75) is 32.9 Å². The smallest absolute Gasteiger partial charge is 0.133 e. The van der Waals surface area contributed by atoms with Gasteiger partial charge in [0, 0.05) is 30.3 Å². The summed E-state index contributed by atoms with van der Waals surface area (Å²) >= 11 is 3.46. The fourth-order valence-corrected chi connectivity index (χ4v) is 3.61. The first-order valence-electron chi connectivity index (χ1n) is 6.53. The molecule has 2 heterocycles. The molecule has 2 N–H and O–H groups in total. The van der Waals surface area contributed by atoms with Gasteiger partial charge in [-0.2, -0.15) is 0 Å². The molecule has 2 aromatic heterocycles. The van der Waals surface area contributed by atoms with Crippen LogP contribution in [0.2, 0.25) is 0 Å². The Morgan fingerprint density at radius 1 is 1.42 bits per heavy atom. The third kappa shape index (κ3) is 4.11. The predicted octanol–water partition coefficient (Wildman–Crippen LogP) is 3.37. The van der Waals surface area contributed by atoms with Gasteiger partial charge >= 0.3 is 0 Å². The van der Waals surface area contributed by atoms with Gasteiger partial charge in [0.1, 0.15) is 5.01 Å². The lowest BCUT2D eigenvalue weighted by Crippen LogP contribution is -2.33. The van der Waals surface area contributed by atoms with Gasteiger partial charge in [0.05, 0.1) is 4.88 Å². The number of aliphatic hydroxyl groups excluding tert-OH is 1. The van der Waals surface area contributed by atoms with E-state index in [1.54, 1.807) is 22.7 Å². The first-order valence-corrected chi connectivity index (χ1v) is 8.23. The van der Waals surface area contributed by atoms with Crippen molar-refractivity contribution in [1.82, 2.24) is 10.3 Å². The van der Waals surface area contributed by atoms with Gasteiger partial charge in [0.15, 0.2) is 0 Å². The van der Waals surface area contributed by atoms with Crippen LogP contribution in [0.1, 0.15) is 25.1 Å². The molecule has 5 heteroatoms. The molecule has 0 saturated carbocycles. The number of nitrogens with zero attached hydrogens (tertiary/aromatic N) is 1. The van der Waals surface area contributed by atoms with Gasteiger partial charge in [-0.15, -0.1) is 22.7 Å². The highest BCUT2D eigenvalue weighted by atomic mass is 32.1. The SMILES string of the molecule is CC(C)C(CCO)NCc1cnc(-c2cccs2)s1. The van der Waals surface area contributed by atoms with Gasteiger partial charge in [-0.25, -0.2) is 4.98 Å². The number of nitrogens with one attached hydrogen (secondary N) is 1. The predicted molar refractivity (Wildman–Crippen MR) is 82.6 cm³/mol. The Morgan fingerprint density at radius 2 is 2.26 bits per heavy atom. The van der Waals surface area contributed by atoms with Crippen LogP contribution in [0.5, 0.6) is 0 Å². The topological polar surface area (TPSA) is 45.1 Å². The Morgan fingerprint density at radius 3 is 2.89 bits per heavy atom. The molecule has 1 unspecified atom stereocenters. The van der Waals surface area contributed by atoms with Crippen molar-refractivity contribution in [2.75, 3.05) is 6.61 Å². The Hall–Kier alpha value is -0.750. The van der Waals surface area contributed by atoms with Gasteiger partial charge in [0.25, 0.3) is 0 Å². The van der Waals surface area contributed by atoms with Crippen LogP contribution >= 0.6 is 22.7 Å². The van der Waals surface area contributed by atoms with Crippen LogP contribution in [0, 0.1) is 5.92 Å². The fraction of sp³-hybridized carbons (Fsp3) is 0.500. The van der Waals surface area contributed by atoms with E-state index < -0.39 is 0 Å². The Bertz CT molecular complexity index is 479. The summed E-state index contributed by atoms with van der Waals surface area (Å²) in [5, 5.41) is 15.7. The lowest BCUT2D eigenvalue weighted by atomic mass is 10.0. The molecular weight excluding hydrogens is 276 g/mol. The quantitative estimate of drug-likeness (QED) is 0.823. The number of thiophene rings is 1. The van der Waals surface area contributed by atoms with Crippen LogP contribution in [0.25, 0.3) is 9.88 Å². The molecular formula is C14H20N2OS2. The van der Waals surface area contributed by atoms with Crippen LogP contribution in [0.3, 0.4) is 0 Å². The van der Waals surface area contributed by atoms with Crippen molar-refractivity contribution in [2.24, 2.45) is 5.92 Å². The van der Waals surface area contributed by atoms with E-state index in [1.165, 1.54) is 9.75 Å². The van der Waals surface area contributed by atoms with Gasteiger partial charge in [-0.1, -0.05) is 19.9 Å². The molecule has 1 atom stereocenters. The number of hydrogen-bond acceptors (Lipinski definition) is 5. The first kappa shape index (κ1) is 14.7. The summed E-state index contributed by atoms with van der Waals surface area (Å²) < 4.78 is 0. The van der Waals surface area contributed by atoms with E-state index in [1.807, 2.05) is 6.20 Å². The van der Waals surface area contributed by atoms with E-state index in [2.05, 4.69) is 41.7 Å². The van der Waals surface area contributed by atoms with Crippen molar-refractivity contribution < 1.29 is 5.11 Å². The first-order chi connectivity index (χ1) is 9.20. The van der Waals surface area contributed by atoms with Crippen LogP contribution < -0.4 is 5.32 Å². The molecule has 0 aliphatic rings. The molecule has 0 fully saturated rings. The van der Waals surface area contributed by atoms with Gasteiger partial charge in [-0.3, -0.25) is 0 Å². The fourth-order valence-electron chi connectivity index (χ4n) is 1.95. The summed E-state index contributed by atoms with van der Waals surface area (Å²) in [5.74, 6) is 0.525. The maximum absolute atomic E-state index is 9.06. The third-order valence-corrected chi connectivity index (χ3v) is 5.11. The van der Waals surface area contributed by atoms with Crippen LogP contribution in [-0.2, 0) is 6.54 Å². The summed E-state index contributed by atoms with van der Waals surface area (Å²) in [6.45, 7) is 5.42. The summed E-state index contributed by atoms with van der Waals surface area (Å²) in [4.78, 5) is 6.94. The van der Waals surface area contributed by atoms with Crippen molar-refractivity contribution in [3.05, 3.63) is 28.6 Å². The largest absolute Gasteiger partial charge is 0.396 e. The zero-order valence-electron chi connectivity index (χ0n) is 11.3. The standard InChI is InChI=1S/C14H20N2OS2/c1-10(2)12(5-6-17)15-8-11-9-16-14(19-11)13-4-3-7-18-13/h3-4,7,9-10,12,15,17H,5-6,8H2,1-2H3. The molecule has 0 bridgehead atoms. The van der Waals surface area contributed by atoms with Crippen LogP contribution in [-0.4, -0.2) is 22.7 Å². The van der Waals surface area contributed by atoms with Crippen molar-refractivity contribution >= 4 is 22.7 Å². The maximum atomic E-state index is 9.06. The highest BCUT2D eigenvalue weighted by molar-refractivity contribution is 7.20. The highest BCUT2D eigenvalue weighted by Gasteiger charge is 2.13. The number of thiazole rings is 1. The van der Waals surface area contributed by atoms with Gasteiger partial charge in [0.2, 0.25) is 0 Å². The molecule has 2 aromatic rings. The number of hydrogen-bond donors (Lipinski definition) is 2. The summed E-state index contributed by atoms with van der Waals surface area (Å²) in [6, 6.07) is 4.51. The summed E-state index contributed by atoms with van der Waals surface area (Å²) in [7, 11) is 0. The molecule has 0 spiro atoms. The average Bonchev–Trinajstić information content (AvgIpc) is 3.04. The molecule has 0 amide bonds. The Kier molecular flexibility index (Phi) is 5.51. The number of aliphatic hydroxyl groups is 1. The van der Waals surface area contributed by atoms with Gasteiger partial charge < -0.3 is 10.4 Å². The summed E-state index contributed by atoms with van der Waals surface area (Å²) in [5.41, 5.74) is 0. The van der Waals surface area contributed by atoms with E-state index >= 15 is 0 Å².